The van der Waals surface area contributed by atoms with Crippen LogP contribution < -0.4 is 5.32 Å². The summed E-state index contributed by atoms with van der Waals surface area (Å²) in [5, 5.41) is 8.19. The predicted molar refractivity (Wildman–Crippen MR) is 146 cm³/mol. The molecule has 2 nitrogen and oxygen atoms in total. The van der Waals surface area contributed by atoms with Crippen molar-refractivity contribution in [1.82, 2.24) is 9.88 Å². The van der Waals surface area contributed by atoms with E-state index in [4.69, 9.17) is 0 Å². The van der Waals surface area contributed by atoms with Crippen LogP contribution in [0.3, 0.4) is 0 Å². The second kappa shape index (κ2) is 8.57. The van der Waals surface area contributed by atoms with Crippen molar-refractivity contribution in [3.63, 3.8) is 0 Å². The summed E-state index contributed by atoms with van der Waals surface area (Å²) in [7, 11) is 1.93. The summed E-state index contributed by atoms with van der Waals surface area (Å²) in [6.45, 7) is 0. The van der Waals surface area contributed by atoms with Crippen LogP contribution in [0.25, 0.3) is 49.4 Å². The van der Waals surface area contributed by atoms with E-state index in [0.717, 1.165) is 6.42 Å². The molecule has 2 heteroatoms. The SMILES string of the molecule is CN/C=C\Cc1ccc2c3ccc4cc(-c5ccccc5)ccc4c3n(-c3ccccc3)c2c1. The number of fused-ring (bicyclic) bond motifs is 5. The molecule has 0 saturated heterocycles. The van der Waals surface area contributed by atoms with E-state index in [2.05, 4.69) is 125 Å². The Bertz CT molecular complexity index is 1640. The van der Waals surface area contributed by atoms with Crippen molar-refractivity contribution < 1.29 is 0 Å². The molecule has 164 valence electrons. The second-order valence-electron chi connectivity index (χ2n) is 8.68. The third-order valence-corrected chi connectivity index (χ3v) is 6.57. The molecule has 0 bridgehead atoms. The van der Waals surface area contributed by atoms with Gasteiger partial charge in [0.2, 0.25) is 0 Å². The van der Waals surface area contributed by atoms with Gasteiger partial charge >= 0.3 is 0 Å². The number of rotatable bonds is 5. The van der Waals surface area contributed by atoms with Gasteiger partial charge in [-0.1, -0.05) is 91.0 Å². The number of aromatic nitrogens is 1. The van der Waals surface area contributed by atoms with Crippen LogP contribution in [0.2, 0.25) is 0 Å². The molecule has 0 saturated carbocycles. The topological polar surface area (TPSA) is 17.0 Å². The average molecular weight is 439 g/mol. The van der Waals surface area contributed by atoms with Gasteiger partial charge in [-0.2, -0.15) is 0 Å². The Kier molecular flexibility index (Phi) is 5.12. The second-order valence-corrected chi connectivity index (χ2v) is 8.68. The van der Waals surface area contributed by atoms with Crippen LogP contribution in [0.5, 0.6) is 0 Å². The molecular formula is C32H26N2. The van der Waals surface area contributed by atoms with Crippen LogP contribution in [-0.4, -0.2) is 11.6 Å². The quantitative estimate of drug-likeness (QED) is 0.290. The van der Waals surface area contributed by atoms with Crippen LogP contribution in [0, 0.1) is 0 Å². The highest BCUT2D eigenvalue weighted by Gasteiger charge is 2.15. The molecule has 0 aliphatic heterocycles. The third kappa shape index (κ3) is 3.45. The van der Waals surface area contributed by atoms with Crippen molar-refractivity contribution in [2.45, 2.75) is 6.42 Å². The molecule has 0 fully saturated rings. The number of para-hydroxylation sites is 1. The minimum Gasteiger partial charge on any atom is -0.394 e. The number of hydrogen-bond donors (Lipinski definition) is 1. The van der Waals surface area contributed by atoms with Gasteiger partial charge < -0.3 is 9.88 Å². The van der Waals surface area contributed by atoms with Gasteiger partial charge in [0.05, 0.1) is 11.0 Å². The first kappa shape index (κ1) is 20.3. The Hall–Kier alpha value is -4.30. The highest BCUT2D eigenvalue weighted by molar-refractivity contribution is 6.19. The summed E-state index contributed by atoms with van der Waals surface area (Å²) in [6.07, 6.45) is 5.06. The van der Waals surface area contributed by atoms with Gasteiger partial charge in [0.25, 0.3) is 0 Å². The van der Waals surface area contributed by atoms with Crippen LogP contribution >= 0.6 is 0 Å². The molecule has 0 amide bonds. The zero-order valence-electron chi connectivity index (χ0n) is 19.2. The van der Waals surface area contributed by atoms with E-state index in [9.17, 15) is 0 Å². The molecule has 0 unspecified atom stereocenters. The van der Waals surface area contributed by atoms with Gasteiger partial charge in [0, 0.05) is 28.9 Å². The summed E-state index contributed by atoms with van der Waals surface area (Å²) in [5.41, 5.74) is 7.48. The number of hydrogen-bond acceptors (Lipinski definition) is 1. The fraction of sp³-hybridized carbons (Fsp3) is 0.0625. The van der Waals surface area contributed by atoms with Crippen molar-refractivity contribution in [2.75, 3.05) is 7.05 Å². The summed E-state index contributed by atoms with van der Waals surface area (Å²) >= 11 is 0. The minimum absolute atomic E-state index is 0.897. The Balaban J connectivity index is 1.65. The van der Waals surface area contributed by atoms with Crippen molar-refractivity contribution in [3.8, 4) is 16.8 Å². The van der Waals surface area contributed by atoms with Gasteiger partial charge in [0.15, 0.2) is 0 Å². The van der Waals surface area contributed by atoms with Crippen molar-refractivity contribution in [1.29, 1.82) is 0 Å². The lowest BCUT2D eigenvalue weighted by Crippen LogP contribution is -1.95. The van der Waals surface area contributed by atoms with Gasteiger partial charge in [-0.05, 0) is 59.0 Å². The highest BCUT2D eigenvalue weighted by atomic mass is 15.0. The highest BCUT2D eigenvalue weighted by Crippen LogP contribution is 2.38. The molecule has 0 radical (unpaired) electrons. The van der Waals surface area contributed by atoms with Gasteiger partial charge in [-0.15, -0.1) is 0 Å². The largest absolute Gasteiger partial charge is 0.394 e. The monoisotopic (exact) mass is 438 g/mol. The first-order valence-electron chi connectivity index (χ1n) is 11.8. The molecule has 6 aromatic rings. The molecule has 34 heavy (non-hydrogen) atoms. The summed E-state index contributed by atoms with van der Waals surface area (Å²) in [5.74, 6) is 0. The Morgan fingerprint density at radius 2 is 1.41 bits per heavy atom. The number of allylic oxidation sites excluding steroid dienone is 1. The fourth-order valence-electron chi connectivity index (χ4n) is 4.98. The average Bonchev–Trinajstić information content (AvgIpc) is 3.23. The molecule has 5 aromatic carbocycles. The standard InChI is InChI=1S/C32H26N2/c1-33-20-8-9-23-14-17-29-30-19-16-26-22-25(24-10-4-2-5-11-24)15-18-28(26)32(30)34(31(29)21-23)27-12-6-3-7-13-27/h2-8,10-22,33H,9H2,1H3/b20-8-. The lowest BCUT2D eigenvalue weighted by molar-refractivity contribution is 1.08. The number of nitrogens with zero attached hydrogens (tertiary/aromatic N) is 1. The molecule has 6 rings (SSSR count). The maximum absolute atomic E-state index is 3.08. The van der Waals surface area contributed by atoms with E-state index < -0.39 is 0 Å². The smallest absolute Gasteiger partial charge is 0.0619 e. The van der Waals surface area contributed by atoms with Crippen molar-refractivity contribution in [3.05, 3.63) is 127 Å². The molecule has 1 N–H and O–H groups in total. The van der Waals surface area contributed by atoms with E-state index in [1.807, 2.05) is 13.2 Å². The molecular weight excluding hydrogens is 412 g/mol. The van der Waals surface area contributed by atoms with E-state index in [1.165, 1.54) is 55.0 Å². The van der Waals surface area contributed by atoms with Crippen LogP contribution in [0.1, 0.15) is 5.56 Å². The van der Waals surface area contributed by atoms with E-state index >= 15 is 0 Å². The van der Waals surface area contributed by atoms with Gasteiger partial charge in [0.1, 0.15) is 0 Å². The lowest BCUT2D eigenvalue weighted by atomic mass is 9.99. The van der Waals surface area contributed by atoms with Crippen LogP contribution in [0.15, 0.2) is 121 Å². The predicted octanol–water partition coefficient (Wildman–Crippen LogP) is 7.88. The normalized spacial score (nSPS) is 11.7. The first-order chi connectivity index (χ1) is 16.8. The zero-order chi connectivity index (χ0) is 22.9. The summed E-state index contributed by atoms with van der Waals surface area (Å²) in [6, 6.07) is 39.6. The molecule has 0 aliphatic carbocycles. The van der Waals surface area contributed by atoms with E-state index in [-0.39, 0.29) is 0 Å². The fourth-order valence-corrected chi connectivity index (χ4v) is 4.98. The molecule has 0 spiro atoms. The summed E-state index contributed by atoms with van der Waals surface area (Å²) in [4.78, 5) is 0. The number of nitrogens with one attached hydrogen (secondary N) is 1. The van der Waals surface area contributed by atoms with Crippen molar-refractivity contribution in [2.24, 2.45) is 0 Å². The van der Waals surface area contributed by atoms with Crippen molar-refractivity contribution >= 4 is 32.6 Å². The molecule has 0 atom stereocenters. The summed E-state index contributed by atoms with van der Waals surface area (Å²) < 4.78 is 2.43. The maximum atomic E-state index is 3.08. The Labute approximate surface area is 199 Å². The van der Waals surface area contributed by atoms with E-state index in [0.29, 0.717) is 0 Å². The third-order valence-electron chi connectivity index (χ3n) is 6.57. The van der Waals surface area contributed by atoms with Gasteiger partial charge in [-0.3, -0.25) is 0 Å². The van der Waals surface area contributed by atoms with Crippen LogP contribution in [-0.2, 0) is 6.42 Å². The molecule has 1 aromatic heterocycles. The lowest BCUT2D eigenvalue weighted by Gasteiger charge is -2.11. The molecule has 1 heterocycles. The first-order valence-corrected chi connectivity index (χ1v) is 11.8. The van der Waals surface area contributed by atoms with Crippen LogP contribution in [0.4, 0.5) is 0 Å². The Morgan fingerprint density at radius 3 is 2.21 bits per heavy atom. The molecule has 0 aliphatic rings. The number of benzene rings is 5. The Morgan fingerprint density at radius 1 is 0.676 bits per heavy atom. The van der Waals surface area contributed by atoms with Gasteiger partial charge in [-0.25, -0.2) is 0 Å². The van der Waals surface area contributed by atoms with E-state index in [1.54, 1.807) is 0 Å². The minimum atomic E-state index is 0.897. The maximum Gasteiger partial charge on any atom is 0.0619 e. The zero-order valence-corrected chi connectivity index (χ0v) is 19.2.